The Labute approximate surface area is 187 Å². The number of hydrogen-bond donors (Lipinski definition) is 1. The first-order valence-corrected chi connectivity index (χ1v) is 11.0. The van der Waals surface area contributed by atoms with Gasteiger partial charge in [-0.05, 0) is 54.7 Å². The van der Waals surface area contributed by atoms with E-state index in [2.05, 4.69) is 42.0 Å². The summed E-state index contributed by atoms with van der Waals surface area (Å²) in [6.07, 6.45) is 0. The average molecular weight is 475 g/mol. The molecule has 1 atom stereocenters. The average Bonchev–Trinajstić information content (AvgIpc) is 2.71. The second-order valence-corrected chi connectivity index (χ2v) is 9.20. The van der Waals surface area contributed by atoms with Gasteiger partial charge in [-0.25, -0.2) is 0 Å². The van der Waals surface area contributed by atoms with Crippen molar-refractivity contribution in [2.24, 2.45) is 0 Å². The lowest BCUT2D eigenvalue weighted by Crippen LogP contribution is -2.49. The Bertz CT molecular complexity index is 842. The number of hydrogen-bond acceptors (Lipinski definition) is 3. The predicted octanol–water partition coefficient (Wildman–Crippen LogP) is 4.68. The zero-order chi connectivity index (χ0) is 22.3. The van der Waals surface area contributed by atoms with Crippen LogP contribution in [0, 0.1) is 0 Å². The fraction of sp³-hybridized carbons (Fsp3) is 0.417. The normalized spacial score (nSPS) is 12.2. The third kappa shape index (κ3) is 6.87. The molecule has 0 fully saturated rings. The Balaban J connectivity index is 2.11. The summed E-state index contributed by atoms with van der Waals surface area (Å²) in [5.41, 5.74) is 2.19. The topological polar surface area (TPSA) is 58.6 Å². The van der Waals surface area contributed by atoms with E-state index in [0.29, 0.717) is 18.8 Å². The molecule has 0 saturated heterocycles. The fourth-order valence-electron chi connectivity index (χ4n) is 2.97. The fourth-order valence-corrected chi connectivity index (χ4v) is 3.23. The van der Waals surface area contributed by atoms with Gasteiger partial charge in [0.15, 0.2) is 6.61 Å². The number of halogens is 1. The molecule has 2 aromatic carbocycles. The van der Waals surface area contributed by atoms with Crippen molar-refractivity contribution in [2.45, 2.75) is 52.6 Å². The van der Waals surface area contributed by atoms with Crippen LogP contribution in [0.4, 0.5) is 0 Å². The maximum absolute atomic E-state index is 13.0. The van der Waals surface area contributed by atoms with Gasteiger partial charge in [-0.1, -0.05) is 61.0 Å². The van der Waals surface area contributed by atoms with E-state index in [0.717, 1.165) is 10.0 Å². The first-order valence-electron chi connectivity index (χ1n) is 10.2. The van der Waals surface area contributed by atoms with E-state index in [4.69, 9.17) is 4.74 Å². The van der Waals surface area contributed by atoms with Gasteiger partial charge in [-0.2, -0.15) is 0 Å². The van der Waals surface area contributed by atoms with Gasteiger partial charge in [0.05, 0.1) is 0 Å². The first-order chi connectivity index (χ1) is 14.1. The summed E-state index contributed by atoms with van der Waals surface area (Å²) in [7, 11) is 0. The van der Waals surface area contributed by atoms with Crippen LogP contribution in [0.1, 0.15) is 45.7 Å². The molecule has 6 heteroatoms. The van der Waals surface area contributed by atoms with Gasteiger partial charge in [0.1, 0.15) is 11.8 Å². The zero-order valence-electron chi connectivity index (χ0n) is 18.4. The number of nitrogens with one attached hydrogen (secondary N) is 1. The number of carbonyl (C=O) groups excluding carboxylic acids is 2. The van der Waals surface area contributed by atoms with Crippen molar-refractivity contribution < 1.29 is 14.3 Å². The van der Waals surface area contributed by atoms with Gasteiger partial charge in [0, 0.05) is 17.6 Å². The van der Waals surface area contributed by atoms with Gasteiger partial charge in [-0.15, -0.1) is 0 Å². The van der Waals surface area contributed by atoms with Crippen molar-refractivity contribution >= 4 is 27.7 Å². The highest BCUT2D eigenvalue weighted by Crippen LogP contribution is 2.24. The minimum absolute atomic E-state index is 0.0535. The summed E-state index contributed by atoms with van der Waals surface area (Å²) in [5, 5.41) is 2.79. The minimum Gasteiger partial charge on any atom is -0.484 e. The van der Waals surface area contributed by atoms with Crippen molar-refractivity contribution in [3.05, 3.63) is 64.1 Å². The molecule has 0 saturated carbocycles. The third-order valence-electron chi connectivity index (χ3n) is 4.87. The SMILES string of the molecule is CCNC(=O)[C@H](C)N(Cc1ccc(Br)cc1)C(=O)COc1ccc(C(C)(C)C)cc1. The number of likely N-dealkylation sites (N-methyl/N-ethyl adjacent to an activating group) is 1. The summed E-state index contributed by atoms with van der Waals surface area (Å²) < 4.78 is 6.69. The lowest BCUT2D eigenvalue weighted by molar-refractivity contribution is -0.142. The van der Waals surface area contributed by atoms with Crippen molar-refractivity contribution in [2.75, 3.05) is 13.2 Å². The molecular weight excluding hydrogens is 444 g/mol. The van der Waals surface area contributed by atoms with Crippen LogP contribution in [-0.4, -0.2) is 35.9 Å². The van der Waals surface area contributed by atoms with Crippen LogP contribution >= 0.6 is 15.9 Å². The van der Waals surface area contributed by atoms with E-state index in [1.165, 1.54) is 5.56 Å². The van der Waals surface area contributed by atoms with Crippen molar-refractivity contribution in [3.8, 4) is 5.75 Å². The summed E-state index contributed by atoms with van der Waals surface area (Å²) in [4.78, 5) is 26.9. The maximum atomic E-state index is 13.0. The number of ether oxygens (including phenoxy) is 1. The number of carbonyl (C=O) groups is 2. The van der Waals surface area contributed by atoms with E-state index in [1.807, 2.05) is 55.5 Å². The molecule has 0 heterocycles. The second kappa shape index (κ2) is 10.6. The lowest BCUT2D eigenvalue weighted by atomic mass is 9.87. The zero-order valence-corrected chi connectivity index (χ0v) is 20.0. The molecule has 0 aliphatic carbocycles. The molecule has 5 nitrogen and oxygen atoms in total. The number of rotatable bonds is 8. The van der Waals surface area contributed by atoms with Crippen LogP contribution in [0.3, 0.4) is 0 Å². The number of amides is 2. The Morgan fingerprint density at radius 3 is 2.20 bits per heavy atom. The molecule has 1 N–H and O–H groups in total. The van der Waals surface area contributed by atoms with E-state index < -0.39 is 6.04 Å². The number of nitrogens with zero attached hydrogens (tertiary/aromatic N) is 1. The van der Waals surface area contributed by atoms with Crippen LogP contribution in [0.15, 0.2) is 53.0 Å². The standard InChI is InChI=1S/C24H31BrN2O3/c1-6-26-23(29)17(2)27(15-18-7-11-20(25)12-8-18)22(28)16-30-21-13-9-19(10-14-21)24(3,4)5/h7-14,17H,6,15-16H2,1-5H3,(H,26,29)/t17-/m0/s1. The van der Waals surface area contributed by atoms with E-state index in [-0.39, 0.29) is 23.8 Å². The smallest absolute Gasteiger partial charge is 0.261 e. The van der Waals surface area contributed by atoms with Gasteiger partial charge >= 0.3 is 0 Å². The van der Waals surface area contributed by atoms with Crippen molar-refractivity contribution in [1.82, 2.24) is 10.2 Å². The van der Waals surface area contributed by atoms with Crippen LogP contribution in [0.2, 0.25) is 0 Å². The lowest BCUT2D eigenvalue weighted by Gasteiger charge is -2.28. The molecule has 0 spiro atoms. The number of benzene rings is 2. The van der Waals surface area contributed by atoms with Gasteiger partial charge < -0.3 is 15.0 Å². The van der Waals surface area contributed by atoms with Crippen LogP contribution in [-0.2, 0) is 21.5 Å². The Hall–Kier alpha value is -2.34. The quantitative estimate of drug-likeness (QED) is 0.603. The largest absolute Gasteiger partial charge is 0.484 e. The molecule has 0 bridgehead atoms. The summed E-state index contributed by atoms with van der Waals surface area (Å²) in [6, 6.07) is 14.9. The Morgan fingerprint density at radius 2 is 1.67 bits per heavy atom. The molecule has 0 aromatic heterocycles. The van der Waals surface area contributed by atoms with Crippen molar-refractivity contribution in [1.29, 1.82) is 0 Å². The molecule has 0 aliphatic rings. The highest BCUT2D eigenvalue weighted by atomic mass is 79.9. The van der Waals surface area contributed by atoms with E-state index in [9.17, 15) is 9.59 Å². The third-order valence-corrected chi connectivity index (χ3v) is 5.40. The van der Waals surface area contributed by atoms with E-state index in [1.54, 1.807) is 11.8 Å². The molecule has 0 radical (unpaired) electrons. The summed E-state index contributed by atoms with van der Waals surface area (Å²) in [5.74, 6) is 0.208. The first kappa shape index (κ1) is 23.9. The van der Waals surface area contributed by atoms with Gasteiger partial charge in [0.2, 0.25) is 5.91 Å². The molecule has 162 valence electrons. The predicted molar refractivity (Wildman–Crippen MR) is 123 cm³/mol. The molecule has 2 rings (SSSR count). The molecule has 2 amide bonds. The van der Waals surface area contributed by atoms with Crippen LogP contribution < -0.4 is 10.1 Å². The van der Waals surface area contributed by atoms with Crippen LogP contribution in [0.5, 0.6) is 5.75 Å². The highest BCUT2D eigenvalue weighted by molar-refractivity contribution is 9.10. The van der Waals surface area contributed by atoms with Crippen molar-refractivity contribution in [3.63, 3.8) is 0 Å². The summed E-state index contributed by atoms with van der Waals surface area (Å²) in [6.45, 7) is 10.8. The highest BCUT2D eigenvalue weighted by Gasteiger charge is 2.26. The van der Waals surface area contributed by atoms with Gasteiger partial charge in [0.25, 0.3) is 5.91 Å². The molecule has 0 aliphatic heterocycles. The van der Waals surface area contributed by atoms with Crippen LogP contribution in [0.25, 0.3) is 0 Å². The summed E-state index contributed by atoms with van der Waals surface area (Å²) >= 11 is 3.42. The van der Waals surface area contributed by atoms with Gasteiger partial charge in [-0.3, -0.25) is 9.59 Å². The molecule has 30 heavy (non-hydrogen) atoms. The molecule has 2 aromatic rings. The minimum atomic E-state index is -0.604. The monoisotopic (exact) mass is 474 g/mol. The molecule has 0 unspecified atom stereocenters. The second-order valence-electron chi connectivity index (χ2n) is 8.28. The molecular formula is C24H31BrN2O3. The Kier molecular flexibility index (Phi) is 8.47. The van der Waals surface area contributed by atoms with E-state index >= 15 is 0 Å². The Morgan fingerprint density at radius 1 is 1.07 bits per heavy atom. The maximum Gasteiger partial charge on any atom is 0.261 e.